The second-order valence-electron chi connectivity index (χ2n) is 14.1. The normalized spacial score (nSPS) is 11.6. The van der Waals surface area contributed by atoms with Gasteiger partial charge >= 0.3 is 0 Å². The first kappa shape index (κ1) is 31.6. The third-order valence-corrected chi connectivity index (χ3v) is 12.0. The van der Waals surface area contributed by atoms with Gasteiger partial charge in [-0.1, -0.05) is 146 Å². The van der Waals surface area contributed by atoms with Crippen molar-refractivity contribution in [2.75, 3.05) is 4.90 Å². The van der Waals surface area contributed by atoms with E-state index in [0.717, 1.165) is 50.1 Å². The molecule has 0 spiro atoms. The lowest BCUT2D eigenvalue weighted by Crippen LogP contribution is -2.11. The first-order chi connectivity index (χ1) is 27.3. The van der Waals surface area contributed by atoms with Crippen molar-refractivity contribution in [2.45, 2.75) is 0 Å². The number of hydrogen-bond donors (Lipinski definition) is 0. The molecule has 258 valence electrons. The molecule has 0 aliphatic carbocycles. The Morgan fingerprint density at radius 1 is 0.382 bits per heavy atom. The molecule has 0 aliphatic rings. The number of nitrogens with zero attached hydrogens (tertiary/aromatic N) is 1. The predicted molar refractivity (Wildman–Crippen MR) is 235 cm³/mol. The van der Waals surface area contributed by atoms with Crippen LogP contribution in [0.3, 0.4) is 0 Å². The zero-order chi connectivity index (χ0) is 36.3. The summed E-state index contributed by atoms with van der Waals surface area (Å²) in [7, 11) is 0. The van der Waals surface area contributed by atoms with Gasteiger partial charge in [-0.05, 0) is 93.2 Å². The maximum absolute atomic E-state index is 6.70. The van der Waals surface area contributed by atoms with Crippen LogP contribution in [0.5, 0.6) is 0 Å². The van der Waals surface area contributed by atoms with E-state index in [0.29, 0.717) is 0 Å². The van der Waals surface area contributed by atoms with Gasteiger partial charge in [0.2, 0.25) is 0 Å². The van der Waals surface area contributed by atoms with Crippen molar-refractivity contribution in [1.82, 2.24) is 0 Å². The van der Waals surface area contributed by atoms with Crippen molar-refractivity contribution >= 4 is 81.3 Å². The largest absolute Gasteiger partial charge is 0.454 e. The summed E-state index contributed by atoms with van der Waals surface area (Å²) in [6.45, 7) is 0. The summed E-state index contributed by atoms with van der Waals surface area (Å²) in [5.74, 6) is 0. The fourth-order valence-electron chi connectivity index (χ4n) is 8.26. The lowest BCUT2D eigenvalue weighted by molar-refractivity contribution is 0.669. The predicted octanol–water partition coefficient (Wildman–Crippen LogP) is 15.6. The highest BCUT2D eigenvalue weighted by molar-refractivity contribution is 7.25. The van der Waals surface area contributed by atoms with Gasteiger partial charge < -0.3 is 9.32 Å². The summed E-state index contributed by atoms with van der Waals surface area (Å²) in [4.78, 5) is 2.38. The molecule has 55 heavy (non-hydrogen) atoms. The molecular weight excluding hydrogens is 687 g/mol. The van der Waals surface area contributed by atoms with E-state index in [9.17, 15) is 0 Å². The highest BCUT2D eigenvalue weighted by Gasteiger charge is 2.23. The maximum atomic E-state index is 6.70. The number of furan rings is 1. The molecule has 3 heteroatoms. The van der Waals surface area contributed by atoms with E-state index in [1.54, 1.807) is 0 Å². The summed E-state index contributed by atoms with van der Waals surface area (Å²) in [6.07, 6.45) is 0. The third kappa shape index (κ3) is 5.32. The van der Waals surface area contributed by atoms with Crippen molar-refractivity contribution < 1.29 is 4.42 Å². The van der Waals surface area contributed by atoms with Crippen LogP contribution in [0, 0.1) is 0 Å². The van der Waals surface area contributed by atoms with Gasteiger partial charge in [0.05, 0.1) is 11.4 Å². The van der Waals surface area contributed by atoms with Crippen molar-refractivity contribution in [2.24, 2.45) is 0 Å². The van der Waals surface area contributed by atoms with E-state index in [2.05, 4.69) is 199 Å². The fraction of sp³-hybridized carbons (Fsp3) is 0. The van der Waals surface area contributed by atoms with Crippen LogP contribution in [0.2, 0.25) is 0 Å². The van der Waals surface area contributed by atoms with Gasteiger partial charge in [0.1, 0.15) is 5.58 Å². The minimum Gasteiger partial charge on any atom is -0.454 e. The van der Waals surface area contributed by atoms with E-state index in [-0.39, 0.29) is 0 Å². The molecule has 0 radical (unpaired) electrons. The van der Waals surface area contributed by atoms with Crippen molar-refractivity contribution in [3.8, 4) is 33.4 Å². The first-order valence-electron chi connectivity index (χ1n) is 18.7. The van der Waals surface area contributed by atoms with Gasteiger partial charge in [-0.15, -0.1) is 11.3 Å². The van der Waals surface area contributed by atoms with E-state index in [1.165, 1.54) is 53.2 Å². The number of thiophene rings is 1. The summed E-state index contributed by atoms with van der Waals surface area (Å²) in [5.41, 5.74) is 12.0. The second kappa shape index (κ2) is 12.9. The smallest absolute Gasteiger partial charge is 0.159 e. The van der Waals surface area contributed by atoms with Gasteiger partial charge in [0.25, 0.3) is 0 Å². The highest BCUT2D eigenvalue weighted by atomic mass is 32.1. The minimum absolute atomic E-state index is 0.866. The Morgan fingerprint density at radius 3 is 1.91 bits per heavy atom. The topological polar surface area (TPSA) is 16.4 Å². The summed E-state index contributed by atoms with van der Waals surface area (Å²) in [5, 5.41) is 7.29. The lowest BCUT2D eigenvalue weighted by Gasteiger charge is -2.28. The Hall–Kier alpha value is -6.94. The Balaban J connectivity index is 1.08. The van der Waals surface area contributed by atoms with Crippen molar-refractivity contribution in [3.05, 3.63) is 200 Å². The number of hydrogen-bond acceptors (Lipinski definition) is 3. The fourth-order valence-corrected chi connectivity index (χ4v) is 9.39. The van der Waals surface area contributed by atoms with Crippen LogP contribution >= 0.6 is 11.3 Å². The number of anilines is 3. The average Bonchev–Trinajstić information content (AvgIpc) is 3.83. The lowest BCUT2D eigenvalue weighted by atomic mass is 9.96. The first-order valence-corrected chi connectivity index (χ1v) is 19.5. The molecule has 0 saturated heterocycles. The van der Waals surface area contributed by atoms with Crippen LogP contribution < -0.4 is 4.90 Å². The summed E-state index contributed by atoms with van der Waals surface area (Å²) in [6, 6.07) is 72.2. The maximum Gasteiger partial charge on any atom is 0.159 e. The van der Waals surface area contributed by atoms with E-state index in [4.69, 9.17) is 4.42 Å². The van der Waals surface area contributed by atoms with Gasteiger partial charge in [0, 0.05) is 42.2 Å². The molecule has 0 atom stereocenters. The summed E-state index contributed by atoms with van der Waals surface area (Å²) >= 11 is 1.85. The Labute approximate surface area is 322 Å². The molecule has 9 aromatic carbocycles. The number of fused-ring (bicyclic) bond motifs is 7. The molecule has 0 amide bonds. The van der Waals surface area contributed by atoms with Crippen LogP contribution in [-0.2, 0) is 0 Å². The molecule has 2 nitrogen and oxygen atoms in total. The van der Waals surface area contributed by atoms with Gasteiger partial charge in [-0.25, -0.2) is 0 Å². The van der Waals surface area contributed by atoms with Crippen molar-refractivity contribution in [3.63, 3.8) is 0 Å². The molecule has 0 bridgehead atoms. The van der Waals surface area contributed by atoms with Gasteiger partial charge in [-0.2, -0.15) is 0 Å². The number of benzene rings is 9. The van der Waals surface area contributed by atoms with E-state index >= 15 is 0 Å². The molecule has 2 heterocycles. The molecule has 0 N–H and O–H groups in total. The Kier molecular flexibility index (Phi) is 7.39. The SMILES string of the molecule is c1cc(-c2ccc(N(c3ccccc3-c3cccc4sc5ccccc5c34)c3cccc4c3oc3ccccc34)cc2)cc(-c2ccc3ccccc3c2)c1. The molecule has 0 fully saturated rings. The Morgan fingerprint density at radius 2 is 1.00 bits per heavy atom. The minimum atomic E-state index is 0.866. The molecule has 11 aromatic rings. The standard InChI is InChI=1S/C52H33NOS/c1-2-13-36-33-39(27-26-34(36)12-1)38-15-9-14-37(32-38)35-28-30-40(31-29-35)53(47-22-10-20-44-42-17-4-7-23-48(42)54-52(44)47)46-21-6-3-16-41(46)43-19-11-25-50-51(43)45-18-5-8-24-49(45)55-50/h1-33H. The molecule has 2 aromatic heterocycles. The van der Waals surface area contributed by atoms with Crippen molar-refractivity contribution in [1.29, 1.82) is 0 Å². The number of para-hydroxylation sites is 3. The molecule has 0 saturated carbocycles. The third-order valence-electron chi connectivity index (χ3n) is 10.9. The van der Waals surface area contributed by atoms with Gasteiger partial charge in [-0.3, -0.25) is 0 Å². The highest BCUT2D eigenvalue weighted by Crippen LogP contribution is 2.48. The van der Waals surface area contributed by atoms with Crippen LogP contribution in [0.25, 0.3) is 86.3 Å². The molecule has 0 unspecified atom stereocenters. The van der Waals surface area contributed by atoms with Crippen LogP contribution in [0.1, 0.15) is 0 Å². The quantitative estimate of drug-likeness (QED) is 0.170. The van der Waals surface area contributed by atoms with Gasteiger partial charge in [0.15, 0.2) is 5.58 Å². The van der Waals surface area contributed by atoms with E-state index in [1.807, 2.05) is 17.4 Å². The average molecular weight is 720 g/mol. The summed E-state index contributed by atoms with van der Waals surface area (Å²) < 4.78 is 9.29. The van der Waals surface area contributed by atoms with E-state index < -0.39 is 0 Å². The number of rotatable bonds is 6. The second-order valence-corrected chi connectivity index (χ2v) is 15.2. The molecule has 0 aliphatic heterocycles. The van der Waals surface area contributed by atoms with Crippen LogP contribution in [0.15, 0.2) is 205 Å². The van der Waals surface area contributed by atoms with Crippen LogP contribution in [-0.4, -0.2) is 0 Å². The monoisotopic (exact) mass is 719 g/mol. The zero-order valence-electron chi connectivity index (χ0n) is 29.8. The molecular formula is C52H33NOS. The Bertz CT molecular complexity index is 3220. The van der Waals surface area contributed by atoms with Crippen LogP contribution in [0.4, 0.5) is 17.1 Å². The molecule has 11 rings (SSSR count). The zero-order valence-corrected chi connectivity index (χ0v) is 30.6.